The zero-order valence-corrected chi connectivity index (χ0v) is 13.2. The highest BCUT2D eigenvalue weighted by Gasteiger charge is 2.45. The van der Waals surface area contributed by atoms with Crippen LogP contribution in [0.3, 0.4) is 0 Å². The van der Waals surface area contributed by atoms with Gasteiger partial charge in [0.2, 0.25) is 5.91 Å². The summed E-state index contributed by atoms with van der Waals surface area (Å²) in [7, 11) is 0. The van der Waals surface area contributed by atoms with Crippen molar-refractivity contribution in [2.45, 2.75) is 51.7 Å². The van der Waals surface area contributed by atoms with E-state index in [4.69, 9.17) is 5.73 Å². The number of nitriles is 1. The zero-order chi connectivity index (χ0) is 16.5. The first kappa shape index (κ1) is 16.4. The Balaban J connectivity index is 2.43. The number of nitrogens with two attached hydrogens (primary N) is 1. The highest BCUT2D eigenvalue weighted by atomic mass is 19.1. The smallest absolute Gasteiger partial charge is 0.240 e. The van der Waals surface area contributed by atoms with E-state index in [1.54, 1.807) is 17.9 Å². The third kappa shape index (κ3) is 2.97. The molecule has 0 aromatic heterocycles. The van der Waals surface area contributed by atoms with Gasteiger partial charge in [0.05, 0.1) is 29.6 Å². The largest absolute Gasteiger partial charge is 0.330 e. The van der Waals surface area contributed by atoms with Crippen molar-refractivity contribution in [3.8, 4) is 6.07 Å². The lowest BCUT2D eigenvalue weighted by atomic mass is 9.84. The first-order valence-electron chi connectivity index (χ1n) is 7.52. The second-order valence-corrected chi connectivity index (χ2v) is 6.53. The SMILES string of the molecule is C[C@@H](N)C(=O)N1[C@H](c2cccc(F)c2)CC[C@@H]1C(C)(C)C#N. The second kappa shape index (κ2) is 6.05. The van der Waals surface area contributed by atoms with Crippen molar-refractivity contribution < 1.29 is 9.18 Å². The molecule has 0 aliphatic carbocycles. The average molecular weight is 303 g/mol. The van der Waals surface area contributed by atoms with Gasteiger partial charge in [-0.1, -0.05) is 12.1 Å². The summed E-state index contributed by atoms with van der Waals surface area (Å²) in [5, 5.41) is 9.41. The van der Waals surface area contributed by atoms with Gasteiger partial charge < -0.3 is 10.6 Å². The van der Waals surface area contributed by atoms with Gasteiger partial charge >= 0.3 is 0 Å². The highest BCUT2D eigenvalue weighted by Crippen LogP contribution is 2.43. The normalized spacial score (nSPS) is 23.2. The molecular weight excluding hydrogens is 281 g/mol. The number of carbonyl (C=O) groups is 1. The van der Waals surface area contributed by atoms with Crippen LogP contribution < -0.4 is 5.73 Å². The molecule has 0 spiro atoms. The van der Waals surface area contributed by atoms with Gasteiger partial charge in [-0.3, -0.25) is 4.79 Å². The van der Waals surface area contributed by atoms with Crippen LogP contribution in [0.15, 0.2) is 24.3 Å². The minimum Gasteiger partial charge on any atom is -0.330 e. The van der Waals surface area contributed by atoms with Gasteiger partial charge in [0.15, 0.2) is 0 Å². The maximum absolute atomic E-state index is 13.5. The van der Waals surface area contributed by atoms with Crippen molar-refractivity contribution in [2.24, 2.45) is 11.1 Å². The van der Waals surface area contributed by atoms with E-state index < -0.39 is 11.5 Å². The molecule has 0 saturated carbocycles. The van der Waals surface area contributed by atoms with Gasteiger partial charge in [-0.05, 0) is 51.3 Å². The molecule has 0 unspecified atom stereocenters. The lowest BCUT2D eigenvalue weighted by Crippen LogP contribution is -2.50. The number of rotatable bonds is 3. The number of nitrogens with zero attached hydrogens (tertiary/aromatic N) is 2. The second-order valence-electron chi connectivity index (χ2n) is 6.53. The molecule has 1 heterocycles. The summed E-state index contributed by atoms with van der Waals surface area (Å²) in [6, 6.07) is 7.48. The van der Waals surface area contributed by atoms with E-state index in [0.29, 0.717) is 12.8 Å². The lowest BCUT2D eigenvalue weighted by molar-refractivity contribution is -0.137. The van der Waals surface area contributed by atoms with Gasteiger partial charge in [0.25, 0.3) is 0 Å². The predicted molar refractivity (Wildman–Crippen MR) is 82.1 cm³/mol. The van der Waals surface area contributed by atoms with Crippen LogP contribution in [0.1, 0.15) is 45.2 Å². The van der Waals surface area contributed by atoms with Gasteiger partial charge in [0.1, 0.15) is 5.82 Å². The Morgan fingerprint density at radius 1 is 1.50 bits per heavy atom. The maximum atomic E-state index is 13.5. The summed E-state index contributed by atoms with van der Waals surface area (Å²) in [5.74, 6) is -0.520. The fraction of sp³-hybridized carbons (Fsp3) is 0.529. The Labute approximate surface area is 130 Å². The average Bonchev–Trinajstić information content (AvgIpc) is 2.91. The molecule has 1 aliphatic heterocycles. The number of carbonyl (C=O) groups excluding carboxylic acids is 1. The number of likely N-dealkylation sites (tertiary alicyclic amines) is 1. The summed E-state index contributed by atoms with van der Waals surface area (Å²) in [5.41, 5.74) is 5.87. The molecule has 1 aromatic rings. The van der Waals surface area contributed by atoms with Crippen molar-refractivity contribution in [1.82, 2.24) is 4.90 Å². The molecule has 1 amide bonds. The number of amides is 1. The van der Waals surface area contributed by atoms with E-state index in [9.17, 15) is 14.4 Å². The molecule has 1 fully saturated rings. The van der Waals surface area contributed by atoms with E-state index in [-0.39, 0.29) is 23.8 Å². The predicted octanol–water partition coefficient (Wildman–Crippen LogP) is 2.75. The molecule has 4 nitrogen and oxygen atoms in total. The van der Waals surface area contributed by atoms with Crippen molar-refractivity contribution in [2.75, 3.05) is 0 Å². The van der Waals surface area contributed by atoms with E-state index in [0.717, 1.165) is 5.56 Å². The Morgan fingerprint density at radius 3 is 2.73 bits per heavy atom. The quantitative estimate of drug-likeness (QED) is 0.933. The van der Waals surface area contributed by atoms with Crippen molar-refractivity contribution in [3.05, 3.63) is 35.6 Å². The van der Waals surface area contributed by atoms with E-state index >= 15 is 0 Å². The van der Waals surface area contributed by atoms with E-state index in [1.165, 1.54) is 12.1 Å². The molecule has 0 radical (unpaired) electrons. The summed E-state index contributed by atoms with van der Waals surface area (Å²) < 4.78 is 13.5. The molecule has 1 aromatic carbocycles. The molecule has 2 rings (SSSR count). The first-order chi connectivity index (χ1) is 10.3. The summed E-state index contributed by atoms with van der Waals surface area (Å²) >= 11 is 0. The molecule has 1 aliphatic rings. The Bertz CT molecular complexity index is 606. The van der Waals surface area contributed by atoms with Gasteiger partial charge in [-0.25, -0.2) is 4.39 Å². The fourth-order valence-corrected chi connectivity index (χ4v) is 3.18. The van der Waals surface area contributed by atoms with Crippen LogP contribution in [-0.2, 0) is 4.79 Å². The lowest BCUT2D eigenvalue weighted by Gasteiger charge is -2.37. The number of hydrogen-bond donors (Lipinski definition) is 1. The zero-order valence-electron chi connectivity index (χ0n) is 13.2. The summed E-state index contributed by atoms with van der Waals surface area (Å²) in [4.78, 5) is 14.3. The van der Waals surface area contributed by atoms with Crippen LogP contribution in [0, 0.1) is 22.6 Å². The molecule has 118 valence electrons. The van der Waals surface area contributed by atoms with Crippen LogP contribution in [-0.4, -0.2) is 22.9 Å². The van der Waals surface area contributed by atoms with Gasteiger partial charge in [-0.2, -0.15) is 5.26 Å². The molecule has 5 heteroatoms. The minimum atomic E-state index is -0.674. The van der Waals surface area contributed by atoms with Crippen molar-refractivity contribution in [1.29, 1.82) is 5.26 Å². The standard InChI is InChI=1S/C17H22FN3O/c1-11(20)16(22)21-14(12-5-4-6-13(18)9-12)7-8-15(21)17(2,3)10-19/h4-6,9,11,14-15H,7-8,20H2,1-3H3/t11-,14+,15-/m1/s1. The van der Waals surface area contributed by atoms with E-state index in [2.05, 4.69) is 6.07 Å². The van der Waals surface area contributed by atoms with Crippen LogP contribution in [0.2, 0.25) is 0 Å². The maximum Gasteiger partial charge on any atom is 0.240 e. The van der Waals surface area contributed by atoms with Crippen LogP contribution >= 0.6 is 0 Å². The Hall–Kier alpha value is -1.93. The minimum absolute atomic E-state index is 0.194. The first-order valence-corrected chi connectivity index (χ1v) is 7.52. The summed E-state index contributed by atoms with van der Waals surface area (Å²) in [6.07, 6.45) is 1.41. The third-order valence-electron chi connectivity index (χ3n) is 4.38. The fourth-order valence-electron chi connectivity index (χ4n) is 3.18. The Morgan fingerprint density at radius 2 is 2.18 bits per heavy atom. The number of benzene rings is 1. The molecule has 2 N–H and O–H groups in total. The Kier molecular flexibility index (Phi) is 4.52. The van der Waals surface area contributed by atoms with Crippen LogP contribution in [0.4, 0.5) is 4.39 Å². The number of hydrogen-bond acceptors (Lipinski definition) is 3. The molecular formula is C17H22FN3O. The van der Waals surface area contributed by atoms with E-state index in [1.807, 2.05) is 19.9 Å². The molecule has 0 bridgehead atoms. The summed E-state index contributed by atoms with van der Waals surface area (Å²) in [6.45, 7) is 5.29. The van der Waals surface area contributed by atoms with Crippen molar-refractivity contribution >= 4 is 5.91 Å². The van der Waals surface area contributed by atoms with Crippen molar-refractivity contribution in [3.63, 3.8) is 0 Å². The van der Waals surface area contributed by atoms with Crippen LogP contribution in [0.5, 0.6) is 0 Å². The molecule has 3 atom stereocenters. The molecule has 22 heavy (non-hydrogen) atoms. The topological polar surface area (TPSA) is 70.1 Å². The van der Waals surface area contributed by atoms with Crippen LogP contribution in [0.25, 0.3) is 0 Å². The third-order valence-corrected chi connectivity index (χ3v) is 4.38. The molecule has 1 saturated heterocycles. The monoisotopic (exact) mass is 303 g/mol. The van der Waals surface area contributed by atoms with Gasteiger partial charge in [0, 0.05) is 0 Å². The number of halogens is 1. The van der Waals surface area contributed by atoms with Gasteiger partial charge in [-0.15, -0.1) is 0 Å². The highest BCUT2D eigenvalue weighted by molar-refractivity contribution is 5.82.